The molecule has 1 saturated carbocycles. The Balaban J connectivity index is 1.76. The summed E-state index contributed by atoms with van der Waals surface area (Å²) >= 11 is 0. The Kier molecular flexibility index (Phi) is 7.72. The van der Waals surface area contributed by atoms with Gasteiger partial charge in [0, 0.05) is 11.7 Å². The lowest BCUT2D eigenvalue weighted by Crippen LogP contribution is -2.51. The predicted octanol–water partition coefficient (Wildman–Crippen LogP) is 2.24. The number of anilines is 1. The maximum Gasteiger partial charge on any atom is 0.321 e. The maximum atomic E-state index is 12.9. The van der Waals surface area contributed by atoms with Crippen LogP contribution < -0.4 is 16.0 Å². The van der Waals surface area contributed by atoms with Crippen LogP contribution in [0, 0.1) is 5.82 Å². The topological polar surface area (TPSA) is 90.5 Å². The molecule has 0 aliphatic heterocycles. The highest BCUT2D eigenvalue weighted by atomic mass is 19.1. The van der Waals surface area contributed by atoms with Gasteiger partial charge in [-0.1, -0.05) is 19.3 Å². The summed E-state index contributed by atoms with van der Waals surface area (Å²) in [5, 5.41) is 7.79. The highest BCUT2D eigenvalue weighted by molar-refractivity contribution is 5.97. The molecule has 1 aromatic rings. The molecule has 0 saturated heterocycles. The first-order chi connectivity index (χ1) is 12.8. The van der Waals surface area contributed by atoms with E-state index in [0.717, 1.165) is 25.7 Å². The Bertz CT molecular complexity index is 659. The van der Waals surface area contributed by atoms with Crippen LogP contribution in [-0.2, 0) is 9.59 Å². The van der Waals surface area contributed by atoms with Crippen LogP contribution in [0.4, 0.5) is 14.9 Å². The molecule has 1 atom stereocenters. The number of halogens is 1. The third kappa shape index (κ3) is 6.97. The van der Waals surface area contributed by atoms with Crippen molar-refractivity contribution in [2.24, 2.45) is 0 Å². The molecule has 7 nitrogen and oxygen atoms in total. The second-order valence-electron chi connectivity index (χ2n) is 6.94. The van der Waals surface area contributed by atoms with E-state index in [-0.39, 0.29) is 24.3 Å². The average molecular weight is 378 g/mol. The molecule has 3 N–H and O–H groups in total. The summed E-state index contributed by atoms with van der Waals surface area (Å²) in [6.45, 7) is 1.57. The van der Waals surface area contributed by atoms with Crippen LogP contribution in [0.3, 0.4) is 0 Å². The summed E-state index contributed by atoms with van der Waals surface area (Å²) in [7, 11) is 1.62. The molecule has 1 aliphatic rings. The van der Waals surface area contributed by atoms with Gasteiger partial charge in [-0.05, 0) is 51.1 Å². The van der Waals surface area contributed by atoms with Crippen molar-refractivity contribution in [3.63, 3.8) is 0 Å². The van der Waals surface area contributed by atoms with Gasteiger partial charge in [0.2, 0.25) is 11.8 Å². The molecule has 2 rings (SSSR count). The number of amides is 4. The first-order valence-electron chi connectivity index (χ1n) is 9.22. The Morgan fingerprint density at radius 3 is 2.41 bits per heavy atom. The molecule has 1 unspecified atom stereocenters. The number of carbonyl (C=O) groups excluding carboxylic acids is 3. The second kappa shape index (κ2) is 10.0. The Morgan fingerprint density at radius 1 is 1.15 bits per heavy atom. The van der Waals surface area contributed by atoms with E-state index < -0.39 is 18.0 Å². The van der Waals surface area contributed by atoms with Crippen molar-refractivity contribution in [2.45, 2.75) is 51.1 Å². The van der Waals surface area contributed by atoms with E-state index in [0.29, 0.717) is 5.69 Å². The van der Waals surface area contributed by atoms with E-state index in [1.54, 1.807) is 14.0 Å². The van der Waals surface area contributed by atoms with Crippen LogP contribution in [0.5, 0.6) is 0 Å². The lowest BCUT2D eigenvalue weighted by atomic mass is 9.96. The third-order valence-electron chi connectivity index (χ3n) is 4.74. The number of urea groups is 1. The lowest BCUT2D eigenvalue weighted by Gasteiger charge is -2.25. The van der Waals surface area contributed by atoms with Gasteiger partial charge in [0.05, 0.1) is 12.6 Å². The van der Waals surface area contributed by atoms with E-state index in [1.165, 1.54) is 35.6 Å². The molecule has 0 aromatic heterocycles. The van der Waals surface area contributed by atoms with Crippen LogP contribution in [-0.4, -0.2) is 48.4 Å². The predicted molar refractivity (Wildman–Crippen MR) is 101 cm³/mol. The lowest BCUT2D eigenvalue weighted by molar-refractivity contribution is -0.125. The fraction of sp³-hybridized carbons (Fsp3) is 0.526. The Labute approximate surface area is 158 Å². The minimum atomic E-state index is -0.666. The molecule has 8 heteroatoms. The number of hydrogen-bond acceptors (Lipinski definition) is 4. The van der Waals surface area contributed by atoms with Crippen LogP contribution in [0.1, 0.15) is 39.0 Å². The highest BCUT2D eigenvalue weighted by Crippen LogP contribution is 2.17. The normalized spacial score (nSPS) is 15.9. The van der Waals surface area contributed by atoms with Crippen molar-refractivity contribution in [2.75, 3.05) is 18.9 Å². The fourth-order valence-corrected chi connectivity index (χ4v) is 2.98. The highest BCUT2D eigenvalue weighted by Gasteiger charge is 2.23. The van der Waals surface area contributed by atoms with Crippen molar-refractivity contribution in [3.05, 3.63) is 30.1 Å². The number of imide groups is 1. The second-order valence-corrected chi connectivity index (χ2v) is 6.94. The fourth-order valence-electron chi connectivity index (χ4n) is 2.98. The zero-order valence-corrected chi connectivity index (χ0v) is 15.8. The van der Waals surface area contributed by atoms with Gasteiger partial charge in [-0.15, -0.1) is 0 Å². The van der Waals surface area contributed by atoms with Gasteiger partial charge in [-0.2, -0.15) is 0 Å². The van der Waals surface area contributed by atoms with Gasteiger partial charge >= 0.3 is 6.03 Å². The average Bonchev–Trinajstić information content (AvgIpc) is 2.63. The molecule has 27 heavy (non-hydrogen) atoms. The molecule has 0 bridgehead atoms. The Hall–Kier alpha value is -2.48. The number of hydrogen-bond donors (Lipinski definition) is 3. The number of nitrogens with zero attached hydrogens (tertiary/aromatic N) is 1. The number of nitrogens with one attached hydrogen (secondary N) is 3. The van der Waals surface area contributed by atoms with Gasteiger partial charge in [0.1, 0.15) is 5.82 Å². The summed E-state index contributed by atoms with van der Waals surface area (Å²) in [6, 6.07) is 4.36. The first kappa shape index (κ1) is 20.8. The monoisotopic (exact) mass is 378 g/mol. The summed E-state index contributed by atoms with van der Waals surface area (Å²) < 4.78 is 12.9. The minimum absolute atomic E-state index is 0.0454. The van der Waals surface area contributed by atoms with Gasteiger partial charge in [-0.25, -0.2) is 9.18 Å². The number of rotatable bonds is 6. The molecule has 1 fully saturated rings. The van der Waals surface area contributed by atoms with E-state index in [2.05, 4.69) is 16.0 Å². The van der Waals surface area contributed by atoms with Crippen LogP contribution in [0.25, 0.3) is 0 Å². The van der Waals surface area contributed by atoms with Crippen LogP contribution in [0.2, 0.25) is 0 Å². The van der Waals surface area contributed by atoms with Crippen LogP contribution >= 0.6 is 0 Å². The summed E-state index contributed by atoms with van der Waals surface area (Å²) in [6.07, 6.45) is 5.21. The molecule has 1 aromatic carbocycles. The summed E-state index contributed by atoms with van der Waals surface area (Å²) in [5.41, 5.74) is 0.471. The molecule has 0 heterocycles. The van der Waals surface area contributed by atoms with Gasteiger partial charge in [0.25, 0.3) is 0 Å². The Morgan fingerprint density at radius 2 is 1.78 bits per heavy atom. The molecule has 4 amide bonds. The van der Waals surface area contributed by atoms with E-state index in [9.17, 15) is 18.8 Å². The SMILES string of the molecule is CC(C(=O)NC(=O)NC1CCCCC1)N(C)CC(=O)Nc1ccc(F)cc1. The van der Waals surface area contributed by atoms with Crippen molar-refractivity contribution < 1.29 is 18.8 Å². The minimum Gasteiger partial charge on any atom is -0.335 e. The molecule has 0 radical (unpaired) electrons. The zero-order chi connectivity index (χ0) is 19.8. The smallest absolute Gasteiger partial charge is 0.321 e. The number of carbonyl (C=O) groups is 3. The largest absolute Gasteiger partial charge is 0.335 e. The summed E-state index contributed by atoms with van der Waals surface area (Å²) in [5.74, 6) is -1.20. The van der Waals surface area contributed by atoms with Crippen molar-refractivity contribution in [3.8, 4) is 0 Å². The number of benzene rings is 1. The molecular weight excluding hydrogens is 351 g/mol. The van der Waals surface area contributed by atoms with Gasteiger partial charge in [0.15, 0.2) is 0 Å². The third-order valence-corrected chi connectivity index (χ3v) is 4.74. The van der Waals surface area contributed by atoms with Crippen molar-refractivity contribution in [1.29, 1.82) is 0 Å². The van der Waals surface area contributed by atoms with E-state index in [1.807, 2.05) is 0 Å². The van der Waals surface area contributed by atoms with Crippen molar-refractivity contribution >= 4 is 23.5 Å². The first-order valence-corrected chi connectivity index (χ1v) is 9.22. The summed E-state index contributed by atoms with van der Waals surface area (Å²) in [4.78, 5) is 37.8. The van der Waals surface area contributed by atoms with E-state index in [4.69, 9.17) is 0 Å². The van der Waals surface area contributed by atoms with Crippen molar-refractivity contribution in [1.82, 2.24) is 15.5 Å². The van der Waals surface area contributed by atoms with Gasteiger partial charge < -0.3 is 10.6 Å². The molecule has 0 spiro atoms. The molecule has 1 aliphatic carbocycles. The molecule has 148 valence electrons. The quantitative estimate of drug-likeness (QED) is 0.708. The maximum absolute atomic E-state index is 12.9. The van der Waals surface area contributed by atoms with Gasteiger partial charge in [-0.3, -0.25) is 19.8 Å². The van der Waals surface area contributed by atoms with E-state index >= 15 is 0 Å². The molecular formula is C19H27FN4O3. The number of likely N-dealkylation sites (N-methyl/N-ethyl adjacent to an activating group) is 1. The zero-order valence-electron chi connectivity index (χ0n) is 15.8. The van der Waals surface area contributed by atoms with Crippen LogP contribution in [0.15, 0.2) is 24.3 Å². The standard InChI is InChI=1S/C19H27FN4O3/c1-13(18(26)23-19(27)22-15-6-4-3-5-7-15)24(2)12-17(25)21-16-10-8-14(20)9-11-16/h8-11,13,15H,3-7,12H2,1-2H3,(H,21,25)(H2,22,23,26,27).